The van der Waals surface area contributed by atoms with Crippen molar-refractivity contribution < 1.29 is 4.79 Å². The summed E-state index contributed by atoms with van der Waals surface area (Å²) in [6, 6.07) is 0. The second kappa shape index (κ2) is 6.53. The van der Waals surface area contributed by atoms with Gasteiger partial charge in [0.15, 0.2) is 0 Å². The summed E-state index contributed by atoms with van der Waals surface area (Å²) in [5.41, 5.74) is -0.457. The number of nitrogens with one attached hydrogen (secondary N) is 1. The van der Waals surface area contributed by atoms with E-state index >= 15 is 0 Å². The second-order valence-electron chi connectivity index (χ2n) is 6.14. The van der Waals surface area contributed by atoms with Gasteiger partial charge in [-0.1, -0.05) is 0 Å². The van der Waals surface area contributed by atoms with Gasteiger partial charge in [-0.25, -0.2) is 0 Å². The lowest BCUT2D eigenvalue weighted by Crippen LogP contribution is -2.52. The highest BCUT2D eigenvalue weighted by atomic mass is 16.2. The van der Waals surface area contributed by atoms with Crippen molar-refractivity contribution >= 4 is 5.91 Å². The molecule has 1 fully saturated rings. The standard InChI is InChI=1S/C14H29N3O/c1-14(2,15-3)13(18)17(5)11-8-12-6-9-16(4)10-7-12/h12,15H,6-11H2,1-5H3. The van der Waals surface area contributed by atoms with Gasteiger partial charge in [0.1, 0.15) is 0 Å². The Hall–Kier alpha value is -0.610. The SMILES string of the molecule is CNC(C)(C)C(=O)N(C)CCC1CCN(C)CC1. The lowest BCUT2D eigenvalue weighted by atomic mass is 9.93. The Kier molecular flexibility index (Phi) is 5.60. The van der Waals surface area contributed by atoms with E-state index in [1.54, 1.807) is 0 Å². The molecular weight excluding hydrogens is 226 g/mol. The van der Waals surface area contributed by atoms with Crippen LogP contribution < -0.4 is 5.32 Å². The van der Waals surface area contributed by atoms with Crippen LogP contribution in [0, 0.1) is 5.92 Å². The first kappa shape index (κ1) is 15.4. The van der Waals surface area contributed by atoms with Crippen LogP contribution in [-0.4, -0.2) is 62.0 Å². The summed E-state index contributed by atoms with van der Waals surface area (Å²) in [4.78, 5) is 16.4. The van der Waals surface area contributed by atoms with Crippen LogP contribution in [0.1, 0.15) is 33.1 Å². The molecule has 4 heteroatoms. The summed E-state index contributed by atoms with van der Waals surface area (Å²) in [6.45, 7) is 7.13. The first-order valence-corrected chi connectivity index (χ1v) is 7.00. The van der Waals surface area contributed by atoms with Gasteiger partial charge in [-0.3, -0.25) is 4.79 Å². The topological polar surface area (TPSA) is 35.6 Å². The van der Waals surface area contributed by atoms with Crippen molar-refractivity contribution in [1.29, 1.82) is 0 Å². The number of carbonyl (C=O) groups is 1. The molecule has 0 aromatic carbocycles. The number of hydrogen-bond donors (Lipinski definition) is 1. The molecule has 0 radical (unpaired) electrons. The molecule has 18 heavy (non-hydrogen) atoms. The lowest BCUT2D eigenvalue weighted by molar-refractivity contribution is -0.135. The molecule has 0 saturated carbocycles. The molecule has 1 aliphatic rings. The number of amides is 1. The van der Waals surface area contributed by atoms with Crippen molar-refractivity contribution in [1.82, 2.24) is 15.1 Å². The van der Waals surface area contributed by atoms with Crippen LogP contribution in [0.3, 0.4) is 0 Å². The van der Waals surface area contributed by atoms with Crippen LogP contribution in [0.4, 0.5) is 0 Å². The first-order chi connectivity index (χ1) is 8.36. The van der Waals surface area contributed by atoms with E-state index in [1.165, 1.54) is 25.9 Å². The molecule has 1 N–H and O–H groups in total. The molecule has 0 spiro atoms. The molecule has 106 valence electrons. The van der Waals surface area contributed by atoms with Gasteiger partial charge in [-0.2, -0.15) is 0 Å². The van der Waals surface area contributed by atoms with E-state index in [-0.39, 0.29) is 5.91 Å². The molecule has 0 aliphatic carbocycles. The molecule has 1 rings (SSSR count). The molecule has 1 heterocycles. The molecule has 1 aliphatic heterocycles. The minimum atomic E-state index is -0.457. The maximum absolute atomic E-state index is 12.2. The van der Waals surface area contributed by atoms with Gasteiger partial charge < -0.3 is 15.1 Å². The maximum Gasteiger partial charge on any atom is 0.242 e. The van der Waals surface area contributed by atoms with E-state index in [0.717, 1.165) is 18.9 Å². The maximum atomic E-state index is 12.2. The third-order valence-electron chi connectivity index (χ3n) is 4.22. The van der Waals surface area contributed by atoms with Crippen molar-refractivity contribution in [2.45, 2.75) is 38.6 Å². The molecule has 0 aromatic heterocycles. The molecular formula is C14H29N3O. The number of rotatable bonds is 5. The molecule has 0 aromatic rings. The quantitative estimate of drug-likeness (QED) is 0.801. The second-order valence-corrected chi connectivity index (χ2v) is 6.14. The van der Waals surface area contributed by atoms with Gasteiger partial charge in [0.2, 0.25) is 5.91 Å². The molecule has 0 unspecified atom stereocenters. The highest BCUT2D eigenvalue weighted by Gasteiger charge is 2.28. The molecule has 4 nitrogen and oxygen atoms in total. The molecule has 1 saturated heterocycles. The minimum absolute atomic E-state index is 0.179. The minimum Gasteiger partial charge on any atom is -0.344 e. The van der Waals surface area contributed by atoms with Crippen molar-refractivity contribution in [2.75, 3.05) is 40.8 Å². The summed E-state index contributed by atoms with van der Waals surface area (Å²) in [5.74, 6) is 0.965. The van der Waals surface area contributed by atoms with E-state index < -0.39 is 5.54 Å². The van der Waals surface area contributed by atoms with Crippen LogP contribution in [0.2, 0.25) is 0 Å². The molecule has 1 amide bonds. The largest absolute Gasteiger partial charge is 0.344 e. The highest BCUT2D eigenvalue weighted by Crippen LogP contribution is 2.20. The fraction of sp³-hybridized carbons (Fsp3) is 0.929. The van der Waals surface area contributed by atoms with Gasteiger partial charge in [-0.05, 0) is 66.2 Å². The zero-order valence-electron chi connectivity index (χ0n) is 12.6. The normalized spacial score (nSPS) is 18.9. The number of likely N-dealkylation sites (N-methyl/N-ethyl adjacent to an activating group) is 2. The van der Waals surface area contributed by atoms with Gasteiger partial charge in [0.25, 0.3) is 0 Å². The van der Waals surface area contributed by atoms with Crippen LogP contribution in [0.5, 0.6) is 0 Å². The zero-order chi connectivity index (χ0) is 13.8. The summed E-state index contributed by atoms with van der Waals surface area (Å²) >= 11 is 0. The Labute approximate surface area is 112 Å². The fourth-order valence-corrected chi connectivity index (χ4v) is 2.41. The third kappa shape index (κ3) is 4.25. The van der Waals surface area contributed by atoms with E-state index in [0.29, 0.717) is 0 Å². The Balaban J connectivity index is 2.32. The van der Waals surface area contributed by atoms with Gasteiger partial charge in [0, 0.05) is 13.6 Å². The zero-order valence-corrected chi connectivity index (χ0v) is 12.6. The number of piperidine rings is 1. The monoisotopic (exact) mass is 255 g/mol. The Bertz CT molecular complexity index is 270. The Morgan fingerprint density at radius 3 is 2.44 bits per heavy atom. The Morgan fingerprint density at radius 2 is 1.94 bits per heavy atom. The fourth-order valence-electron chi connectivity index (χ4n) is 2.41. The number of likely N-dealkylation sites (tertiary alicyclic amines) is 1. The van der Waals surface area contributed by atoms with Crippen molar-refractivity contribution in [3.05, 3.63) is 0 Å². The Morgan fingerprint density at radius 1 is 1.39 bits per heavy atom. The number of hydrogen-bond acceptors (Lipinski definition) is 3. The van der Waals surface area contributed by atoms with Crippen molar-refractivity contribution in [3.63, 3.8) is 0 Å². The van der Waals surface area contributed by atoms with Crippen LogP contribution in [0.15, 0.2) is 0 Å². The van der Waals surface area contributed by atoms with E-state index in [1.807, 2.05) is 32.8 Å². The van der Waals surface area contributed by atoms with Crippen molar-refractivity contribution in [3.8, 4) is 0 Å². The van der Waals surface area contributed by atoms with Crippen LogP contribution >= 0.6 is 0 Å². The van der Waals surface area contributed by atoms with Gasteiger partial charge in [0.05, 0.1) is 5.54 Å². The summed E-state index contributed by atoms with van der Waals surface area (Å²) in [6.07, 6.45) is 3.68. The van der Waals surface area contributed by atoms with E-state index in [9.17, 15) is 4.79 Å². The summed E-state index contributed by atoms with van der Waals surface area (Å²) in [7, 11) is 5.93. The summed E-state index contributed by atoms with van der Waals surface area (Å²) in [5, 5.41) is 3.07. The van der Waals surface area contributed by atoms with Gasteiger partial charge >= 0.3 is 0 Å². The number of nitrogens with zero attached hydrogens (tertiary/aromatic N) is 2. The first-order valence-electron chi connectivity index (χ1n) is 7.00. The summed E-state index contributed by atoms with van der Waals surface area (Å²) < 4.78 is 0. The predicted molar refractivity (Wildman–Crippen MR) is 75.6 cm³/mol. The third-order valence-corrected chi connectivity index (χ3v) is 4.22. The molecule has 0 atom stereocenters. The van der Waals surface area contributed by atoms with Crippen LogP contribution in [0.25, 0.3) is 0 Å². The smallest absolute Gasteiger partial charge is 0.242 e. The predicted octanol–water partition coefficient (Wildman–Crippen LogP) is 1.17. The number of carbonyl (C=O) groups excluding carboxylic acids is 1. The average Bonchev–Trinajstić information content (AvgIpc) is 2.36. The average molecular weight is 255 g/mol. The van der Waals surface area contributed by atoms with Crippen LogP contribution in [-0.2, 0) is 4.79 Å². The molecule has 0 bridgehead atoms. The lowest BCUT2D eigenvalue weighted by Gasteiger charge is -2.32. The van der Waals surface area contributed by atoms with Gasteiger partial charge in [-0.15, -0.1) is 0 Å². The highest BCUT2D eigenvalue weighted by molar-refractivity contribution is 5.85. The van der Waals surface area contributed by atoms with E-state index in [4.69, 9.17) is 0 Å². The van der Waals surface area contributed by atoms with E-state index in [2.05, 4.69) is 17.3 Å². The van der Waals surface area contributed by atoms with Crippen molar-refractivity contribution in [2.24, 2.45) is 5.92 Å².